The molecule has 19 heavy (non-hydrogen) atoms. The molecule has 1 nitrogen and oxygen atoms in total. The second-order valence-corrected chi connectivity index (χ2v) is 6.12. The fourth-order valence-electron chi connectivity index (χ4n) is 2.12. The lowest BCUT2D eigenvalue weighted by atomic mass is 10.0. The van der Waals surface area contributed by atoms with Crippen molar-refractivity contribution in [3.63, 3.8) is 0 Å². The van der Waals surface area contributed by atoms with Gasteiger partial charge in [-0.3, -0.25) is 4.79 Å². The second-order valence-electron chi connectivity index (χ2n) is 4.41. The average Bonchev–Trinajstić information content (AvgIpc) is 2.85. The first-order valence-electron chi connectivity index (χ1n) is 5.94. The summed E-state index contributed by atoms with van der Waals surface area (Å²) in [4.78, 5) is 12.7. The lowest BCUT2D eigenvalue weighted by molar-refractivity contribution is 0.104. The molecule has 0 saturated heterocycles. The molecule has 1 aromatic heterocycles. The molecule has 0 amide bonds. The third-order valence-electron chi connectivity index (χ3n) is 3.16. The summed E-state index contributed by atoms with van der Waals surface area (Å²) in [5.41, 5.74) is 2.58. The van der Waals surface area contributed by atoms with Gasteiger partial charge in [0.05, 0.1) is 0 Å². The number of carbonyl (C=O) groups excluding carboxylic acids is 1. The lowest BCUT2D eigenvalue weighted by Gasteiger charge is -2.05. The van der Waals surface area contributed by atoms with Crippen LogP contribution in [0.1, 0.15) is 21.5 Å². The summed E-state index contributed by atoms with van der Waals surface area (Å²) in [6.45, 7) is 1.99. The van der Waals surface area contributed by atoms with Gasteiger partial charge in [0.25, 0.3) is 0 Å². The number of halogens is 1. The van der Waals surface area contributed by atoms with Crippen molar-refractivity contribution < 1.29 is 4.79 Å². The average molecular weight is 331 g/mol. The van der Waals surface area contributed by atoms with Crippen LogP contribution in [0.15, 0.2) is 52.3 Å². The summed E-state index contributed by atoms with van der Waals surface area (Å²) < 4.78 is 2.03. The zero-order valence-corrected chi connectivity index (χ0v) is 12.7. The van der Waals surface area contributed by atoms with Gasteiger partial charge >= 0.3 is 0 Å². The minimum atomic E-state index is 0.0769. The predicted octanol–water partition coefficient (Wildman–Crippen LogP) is 5.20. The maximum absolute atomic E-state index is 12.7. The van der Waals surface area contributed by atoms with E-state index in [0.717, 1.165) is 31.2 Å². The molecule has 0 N–H and O–H groups in total. The van der Waals surface area contributed by atoms with E-state index >= 15 is 0 Å². The van der Waals surface area contributed by atoms with Crippen LogP contribution in [0.2, 0.25) is 0 Å². The molecule has 0 bridgehead atoms. The maximum atomic E-state index is 12.7. The van der Waals surface area contributed by atoms with Crippen LogP contribution in [0.3, 0.4) is 0 Å². The molecule has 0 spiro atoms. The number of benzene rings is 2. The van der Waals surface area contributed by atoms with Crippen molar-refractivity contribution in [3.05, 3.63) is 69.0 Å². The zero-order chi connectivity index (χ0) is 13.4. The number of carbonyl (C=O) groups is 1. The maximum Gasteiger partial charge on any atom is 0.195 e. The fourth-order valence-corrected chi connectivity index (χ4v) is 3.51. The smallest absolute Gasteiger partial charge is 0.195 e. The van der Waals surface area contributed by atoms with Crippen molar-refractivity contribution in [2.45, 2.75) is 6.92 Å². The fraction of sp³-hybridized carbons (Fsp3) is 0.0625. The summed E-state index contributed by atoms with van der Waals surface area (Å²) in [6.07, 6.45) is 0. The van der Waals surface area contributed by atoms with Gasteiger partial charge in [0.1, 0.15) is 0 Å². The molecule has 0 aliphatic heterocycles. The highest BCUT2D eigenvalue weighted by Gasteiger charge is 2.17. The Balaban J connectivity index is 2.17. The van der Waals surface area contributed by atoms with Gasteiger partial charge in [-0.1, -0.05) is 30.3 Å². The zero-order valence-electron chi connectivity index (χ0n) is 10.3. The topological polar surface area (TPSA) is 17.1 Å². The van der Waals surface area contributed by atoms with Gasteiger partial charge in [0.2, 0.25) is 0 Å². The summed E-state index contributed by atoms with van der Waals surface area (Å²) in [6, 6.07) is 13.8. The Labute approximate surface area is 124 Å². The molecule has 3 aromatic rings. The van der Waals surface area contributed by atoms with Gasteiger partial charge < -0.3 is 0 Å². The van der Waals surface area contributed by atoms with Crippen LogP contribution < -0.4 is 0 Å². The number of aryl methyl sites for hydroxylation is 1. The molecule has 0 unspecified atom stereocenters. The Hall–Kier alpha value is -1.45. The van der Waals surface area contributed by atoms with Gasteiger partial charge in [0, 0.05) is 31.1 Å². The molecule has 0 radical (unpaired) electrons. The minimum Gasteiger partial charge on any atom is -0.289 e. The molecule has 0 atom stereocenters. The highest BCUT2D eigenvalue weighted by Crippen LogP contribution is 2.30. The number of ketones is 1. The van der Waals surface area contributed by atoms with E-state index in [2.05, 4.69) is 15.9 Å². The molecule has 3 heteroatoms. The van der Waals surface area contributed by atoms with Crippen molar-refractivity contribution in [3.8, 4) is 0 Å². The van der Waals surface area contributed by atoms with Gasteiger partial charge in [0.15, 0.2) is 5.78 Å². The van der Waals surface area contributed by atoms with E-state index in [-0.39, 0.29) is 5.78 Å². The van der Waals surface area contributed by atoms with Gasteiger partial charge in [-0.25, -0.2) is 0 Å². The number of hydrogen-bond donors (Lipinski definition) is 0. The van der Waals surface area contributed by atoms with Crippen LogP contribution in [-0.2, 0) is 0 Å². The third kappa shape index (κ3) is 2.13. The molecule has 3 rings (SSSR count). The highest BCUT2D eigenvalue weighted by atomic mass is 79.9. The van der Waals surface area contributed by atoms with E-state index < -0.39 is 0 Å². The third-order valence-corrected chi connectivity index (χ3v) is 5.18. The first-order valence-corrected chi connectivity index (χ1v) is 7.62. The van der Waals surface area contributed by atoms with Gasteiger partial charge in [-0.15, -0.1) is 11.3 Å². The molecular formula is C16H11BrOS. The highest BCUT2D eigenvalue weighted by molar-refractivity contribution is 9.10. The lowest BCUT2D eigenvalue weighted by Crippen LogP contribution is -2.02. The number of thiophene rings is 1. The number of fused-ring (bicyclic) bond motifs is 1. The Morgan fingerprint density at radius 2 is 1.84 bits per heavy atom. The van der Waals surface area contributed by atoms with Crippen LogP contribution in [0.4, 0.5) is 0 Å². The van der Waals surface area contributed by atoms with E-state index in [4.69, 9.17) is 0 Å². The number of hydrogen-bond acceptors (Lipinski definition) is 2. The van der Waals surface area contributed by atoms with Crippen molar-refractivity contribution in [1.29, 1.82) is 0 Å². The van der Waals surface area contributed by atoms with E-state index in [0.29, 0.717) is 0 Å². The van der Waals surface area contributed by atoms with E-state index in [1.165, 1.54) is 0 Å². The molecule has 0 fully saturated rings. The number of rotatable bonds is 2. The van der Waals surface area contributed by atoms with Crippen molar-refractivity contribution in [2.75, 3.05) is 0 Å². The largest absolute Gasteiger partial charge is 0.289 e. The summed E-state index contributed by atoms with van der Waals surface area (Å²) in [5.74, 6) is 0.0769. The Morgan fingerprint density at radius 3 is 2.68 bits per heavy atom. The summed E-state index contributed by atoms with van der Waals surface area (Å²) in [5, 5.41) is 2.98. The van der Waals surface area contributed by atoms with Crippen molar-refractivity contribution >= 4 is 43.1 Å². The van der Waals surface area contributed by atoms with Crippen molar-refractivity contribution in [1.82, 2.24) is 0 Å². The van der Waals surface area contributed by atoms with Crippen LogP contribution >= 0.6 is 27.3 Å². The minimum absolute atomic E-state index is 0.0769. The van der Waals surface area contributed by atoms with Crippen LogP contribution in [0.25, 0.3) is 10.1 Å². The summed E-state index contributed by atoms with van der Waals surface area (Å²) >= 11 is 5.12. The summed E-state index contributed by atoms with van der Waals surface area (Å²) in [7, 11) is 0. The normalized spacial score (nSPS) is 10.8. The molecule has 2 aromatic carbocycles. The molecule has 0 aliphatic rings. The van der Waals surface area contributed by atoms with Crippen molar-refractivity contribution in [2.24, 2.45) is 0 Å². The quantitative estimate of drug-likeness (QED) is 0.590. The molecule has 1 heterocycles. The Kier molecular flexibility index (Phi) is 3.25. The molecule has 94 valence electrons. The first kappa shape index (κ1) is 12.6. The Morgan fingerprint density at radius 1 is 1.05 bits per heavy atom. The van der Waals surface area contributed by atoms with Crippen LogP contribution in [0.5, 0.6) is 0 Å². The SMILES string of the molecule is Cc1cccc(C(=O)c2csc3ccccc23)c1Br. The second kappa shape index (κ2) is 4.91. The van der Waals surface area contributed by atoms with E-state index in [1.807, 2.05) is 54.8 Å². The van der Waals surface area contributed by atoms with E-state index in [1.54, 1.807) is 11.3 Å². The molecule has 0 aliphatic carbocycles. The van der Waals surface area contributed by atoms with Gasteiger partial charge in [-0.05, 0) is 40.5 Å². The molecular weight excluding hydrogens is 320 g/mol. The van der Waals surface area contributed by atoms with Crippen LogP contribution in [0, 0.1) is 6.92 Å². The molecule has 0 saturated carbocycles. The predicted molar refractivity (Wildman–Crippen MR) is 84.1 cm³/mol. The Bertz CT molecular complexity index is 773. The first-order chi connectivity index (χ1) is 9.18. The standard InChI is InChI=1S/C16H11BrOS/c1-10-5-4-7-12(15(10)17)16(18)13-9-19-14-8-3-2-6-11(13)14/h2-9H,1H3. The van der Waals surface area contributed by atoms with Crippen LogP contribution in [-0.4, -0.2) is 5.78 Å². The van der Waals surface area contributed by atoms with E-state index in [9.17, 15) is 4.79 Å². The van der Waals surface area contributed by atoms with Gasteiger partial charge in [-0.2, -0.15) is 0 Å². The monoisotopic (exact) mass is 330 g/mol.